The molecule has 0 spiro atoms. The molecule has 1 amide bonds. The van der Waals surface area contributed by atoms with Crippen LogP contribution in [0.25, 0.3) is 0 Å². The monoisotopic (exact) mass is 601 g/mol. The van der Waals surface area contributed by atoms with Crippen molar-refractivity contribution in [2.45, 2.75) is 55.0 Å². The van der Waals surface area contributed by atoms with Gasteiger partial charge in [-0.15, -0.1) is 0 Å². The van der Waals surface area contributed by atoms with Crippen molar-refractivity contribution >= 4 is 28.7 Å². The van der Waals surface area contributed by atoms with Gasteiger partial charge in [-0.05, 0) is 29.5 Å². The summed E-state index contributed by atoms with van der Waals surface area (Å²) in [4.78, 5) is 15.2. The maximum atomic E-state index is 13.5. The lowest BCUT2D eigenvalue weighted by Gasteiger charge is -2.40. The average Bonchev–Trinajstić information content (AvgIpc) is 2.92. The summed E-state index contributed by atoms with van der Waals surface area (Å²) in [6.07, 6.45) is -0.207. The molecule has 0 aromatic heterocycles. The third kappa shape index (κ3) is 7.77. The number of hydrogen-bond donors (Lipinski definition) is 1. The summed E-state index contributed by atoms with van der Waals surface area (Å²) in [6, 6.07) is 28.9. The summed E-state index contributed by atoms with van der Waals surface area (Å²) in [5, 5.41) is 10.5. The Morgan fingerprint density at radius 2 is 1.44 bits per heavy atom. The SMILES string of the molecule is O=C(OCc1ccccc1)N(Cc1ccccc1)[C@H](COCc1ccccc1)[C@@H]1CCC(I)C(O)O1. The van der Waals surface area contributed by atoms with E-state index in [0.29, 0.717) is 19.6 Å². The molecule has 36 heavy (non-hydrogen) atoms. The Morgan fingerprint density at radius 1 is 0.889 bits per heavy atom. The van der Waals surface area contributed by atoms with Crippen LogP contribution in [0.3, 0.4) is 0 Å². The van der Waals surface area contributed by atoms with Gasteiger partial charge in [0.15, 0.2) is 6.29 Å². The van der Waals surface area contributed by atoms with E-state index in [0.717, 1.165) is 23.1 Å². The molecule has 1 aliphatic rings. The number of hydrogen-bond acceptors (Lipinski definition) is 5. The summed E-state index contributed by atoms with van der Waals surface area (Å²) in [5.41, 5.74) is 2.94. The van der Waals surface area contributed by atoms with Crippen LogP contribution in [0.2, 0.25) is 0 Å². The number of ether oxygens (including phenoxy) is 3. The Balaban J connectivity index is 1.54. The number of carbonyl (C=O) groups is 1. The first-order chi connectivity index (χ1) is 17.6. The fourth-order valence-electron chi connectivity index (χ4n) is 4.25. The number of aliphatic hydroxyl groups is 1. The van der Waals surface area contributed by atoms with E-state index in [1.54, 1.807) is 4.90 Å². The first-order valence-electron chi connectivity index (χ1n) is 12.2. The number of nitrogens with zero attached hydrogens (tertiary/aromatic N) is 1. The standard InChI is InChI=1S/C29H32INO5/c30-25-16-17-27(36-28(25)32)26(21-34-19-23-12-6-2-7-13-23)31(18-22-10-4-1-5-11-22)29(33)35-20-24-14-8-3-9-15-24/h1-15,25-28,32H,16-21H2/t25?,26-,27+,28?/m1/s1. The minimum Gasteiger partial charge on any atom is -0.445 e. The van der Waals surface area contributed by atoms with Crippen LogP contribution >= 0.6 is 22.6 Å². The number of halogens is 1. The number of carbonyl (C=O) groups excluding carboxylic acids is 1. The number of amides is 1. The summed E-state index contributed by atoms with van der Waals surface area (Å²) in [5.74, 6) is 0. The number of rotatable bonds is 10. The molecule has 3 aromatic rings. The molecule has 4 rings (SSSR count). The zero-order valence-corrected chi connectivity index (χ0v) is 22.3. The Morgan fingerprint density at radius 3 is 2.03 bits per heavy atom. The van der Waals surface area contributed by atoms with Gasteiger partial charge in [-0.1, -0.05) is 114 Å². The molecule has 0 saturated carbocycles. The van der Waals surface area contributed by atoms with Crippen LogP contribution < -0.4 is 0 Å². The highest BCUT2D eigenvalue weighted by molar-refractivity contribution is 14.1. The lowest BCUT2D eigenvalue weighted by molar-refractivity contribution is -0.179. The third-order valence-corrected chi connectivity index (χ3v) is 7.45. The van der Waals surface area contributed by atoms with Gasteiger partial charge in [0, 0.05) is 6.54 Å². The van der Waals surface area contributed by atoms with Crippen LogP contribution in [0.4, 0.5) is 4.79 Å². The number of aliphatic hydroxyl groups excluding tert-OH is 1. The highest BCUT2D eigenvalue weighted by atomic mass is 127. The molecular weight excluding hydrogens is 569 g/mol. The summed E-state index contributed by atoms with van der Waals surface area (Å²) in [6.45, 7) is 1.19. The molecular formula is C29H32INO5. The van der Waals surface area contributed by atoms with Gasteiger partial charge in [0.1, 0.15) is 6.61 Å². The number of alkyl halides is 1. The van der Waals surface area contributed by atoms with E-state index >= 15 is 0 Å². The normalized spacial score (nSPS) is 20.4. The fourth-order valence-corrected chi connectivity index (χ4v) is 4.78. The summed E-state index contributed by atoms with van der Waals surface area (Å²) in [7, 11) is 0. The lowest BCUT2D eigenvalue weighted by Crippen LogP contribution is -2.53. The second kappa shape index (κ2) is 13.7. The molecule has 0 aliphatic carbocycles. The Bertz CT molecular complexity index is 1050. The first kappa shape index (κ1) is 26.6. The van der Waals surface area contributed by atoms with E-state index in [1.807, 2.05) is 91.0 Å². The smallest absolute Gasteiger partial charge is 0.410 e. The van der Waals surface area contributed by atoms with Gasteiger partial charge in [0.25, 0.3) is 0 Å². The molecule has 0 radical (unpaired) electrons. The molecule has 1 saturated heterocycles. The van der Waals surface area contributed by atoms with Crippen molar-refractivity contribution < 1.29 is 24.1 Å². The largest absolute Gasteiger partial charge is 0.445 e. The van der Waals surface area contributed by atoms with Gasteiger partial charge in [-0.25, -0.2) is 4.79 Å². The molecule has 1 fully saturated rings. The minimum absolute atomic E-state index is 0.0114. The Hall–Kier alpha value is -2.46. The van der Waals surface area contributed by atoms with Crippen molar-refractivity contribution in [2.24, 2.45) is 0 Å². The minimum atomic E-state index is -0.889. The molecule has 6 nitrogen and oxygen atoms in total. The van der Waals surface area contributed by atoms with Crippen molar-refractivity contribution in [3.8, 4) is 0 Å². The zero-order valence-electron chi connectivity index (χ0n) is 20.1. The molecule has 4 atom stereocenters. The van der Waals surface area contributed by atoms with Crippen LogP contribution in [0.5, 0.6) is 0 Å². The van der Waals surface area contributed by atoms with Crippen molar-refractivity contribution in [1.82, 2.24) is 4.90 Å². The van der Waals surface area contributed by atoms with Gasteiger partial charge in [0.2, 0.25) is 0 Å². The van der Waals surface area contributed by atoms with E-state index in [9.17, 15) is 9.90 Å². The maximum absolute atomic E-state index is 13.5. The van der Waals surface area contributed by atoms with Gasteiger partial charge in [0.05, 0.1) is 29.3 Å². The lowest BCUT2D eigenvalue weighted by atomic mass is 10.00. The first-order valence-corrected chi connectivity index (χ1v) is 13.4. The molecule has 2 unspecified atom stereocenters. The molecule has 1 heterocycles. The zero-order chi connectivity index (χ0) is 25.2. The van der Waals surface area contributed by atoms with Crippen LogP contribution in [-0.2, 0) is 34.0 Å². The van der Waals surface area contributed by atoms with Crippen LogP contribution in [0.1, 0.15) is 29.5 Å². The fraction of sp³-hybridized carbons (Fsp3) is 0.345. The van der Waals surface area contributed by atoms with Crippen molar-refractivity contribution in [3.05, 3.63) is 108 Å². The highest BCUT2D eigenvalue weighted by Crippen LogP contribution is 2.29. The molecule has 1 aliphatic heterocycles. The predicted molar refractivity (Wildman–Crippen MR) is 146 cm³/mol. The van der Waals surface area contributed by atoms with Gasteiger partial charge >= 0.3 is 6.09 Å². The second-order valence-electron chi connectivity index (χ2n) is 8.88. The quantitative estimate of drug-likeness (QED) is 0.238. The van der Waals surface area contributed by atoms with Crippen LogP contribution in [-0.4, -0.2) is 45.1 Å². The van der Waals surface area contributed by atoms with Crippen LogP contribution in [0.15, 0.2) is 91.0 Å². The summed E-state index contributed by atoms with van der Waals surface area (Å²) >= 11 is 2.21. The van der Waals surface area contributed by atoms with E-state index in [-0.39, 0.29) is 23.2 Å². The predicted octanol–water partition coefficient (Wildman–Crippen LogP) is 5.71. The Kier molecular flexibility index (Phi) is 10.2. The van der Waals surface area contributed by atoms with E-state index < -0.39 is 18.4 Å². The Labute approximate surface area is 226 Å². The van der Waals surface area contributed by atoms with Gasteiger partial charge < -0.3 is 19.3 Å². The van der Waals surface area contributed by atoms with Gasteiger partial charge in [-0.2, -0.15) is 0 Å². The topological polar surface area (TPSA) is 68.2 Å². The number of benzene rings is 3. The molecule has 190 valence electrons. The van der Waals surface area contributed by atoms with Crippen molar-refractivity contribution in [1.29, 1.82) is 0 Å². The van der Waals surface area contributed by atoms with E-state index in [4.69, 9.17) is 14.2 Å². The molecule has 3 aromatic carbocycles. The van der Waals surface area contributed by atoms with Crippen molar-refractivity contribution in [2.75, 3.05) is 6.61 Å². The highest BCUT2D eigenvalue weighted by Gasteiger charge is 2.38. The van der Waals surface area contributed by atoms with Crippen molar-refractivity contribution in [3.63, 3.8) is 0 Å². The third-order valence-electron chi connectivity index (χ3n) is 6.22. The molecule has 0 bridgehead atoms. The van der Waals surface area contributed by atoms with E-state index in [2.05, 4.69) is 22.6 Å². The van der Waals surface area contributed by atoms with Crippen LogP contribution in [0, 0.1) is 0 Å². The van der Waals surface area contributed by atoms with Gasteiger partial charge in [-0.3, -0.25) is 4.90 Å². The molecule has 1 N–H and O–H groups in total. The second-order valence-corrected chi connectivity index (χ2v) is 10.5. The summed E-state index contributed by atoms with van der Waals surface area (Å²) < 4.78 is 17.9. The molecule has 7 heteroatoms. The maximum Gasteiger partial charge on any atom is 0.410 e. The van der Waals surface area contributed by atoms with E-state index in [1.165, 1.54) is 0 Å². The average molecular weight is 601 g/mol.